The molecule has 0 spiro atoms. The number of imidazole rings is 1. The quantitative estimate of drug-likeness (QED) is 0.691. The molecule has 20 heavy (non-hydrogen) atoms. The summed E-state index contributed by atoms with van der Waals surface area (Å²) in [7, 11) is 1.92. The minimum atomic E-state index is -0.289. The van der Waals surface area contributed by atoms with E-state index in [0.717, 1.165) is 10.7 Å². The van der Waals surface area contributed by atoms with E-state index in [4.69, 9.17) is 4.52 Å². The summed E-state index contributed by atoms with van der Waals surface area (Å²) in [5.74, 6) is 1.22. The molecule has 0 aliphatic rings. The van der Waals surface area contributed by atoms with Gasteiger partial charge in [0.1, 0.15) is 5.82 Å². The molecule has 5 nitrogen and oxygen atoms in total. The van der Waals surface area contributed by atoms with Crippen molar-refractivity contribution in [3.05, 3.63) is 48.4 Å². The van der Waals surface area contributed by atoms with E-state index in [9.17, 15) is 4.39 Å². The Kier molecular flexibility index (Phi) is 3.51. The number of halogens is 1. The van der Waals surface area contributed by atoms with Crippen LogP contribution in [0.25, 0.3) is 11.4 Å². The number of aromatic nitrogens is 4. The monoisotopic (exact) mass is 290 g/mol. The Labute approximate surface area is 118 Å². The zero-order valence-corrected chi connectivity index (χ0v) is 11.5. The van der Waals surface area contributed by atoms with Gasteiger partial charge < -0.3 is 9.09 Å². The summed E-state index contributed by atoms with van der Waals surface area (Å²) in [6.07, 6.45) is 3.61. The lowest BCUT2D eigenvalue weighted by Gasteiger charge is -1.97. The predicted molar refractivity (Wildman–Crippen MR) is 72.5 cm³/mol. The number of benzene rings is 1. The number of aryl methyl sites for hydroxylation is 1. The molecule has 0 N–H and O–H groups in total. The Morgan fingerprint density at radius 2 is 2.10 bits per heavy atom. The van der Waals surface area contributed by atoms with Crippen LogP contribution in [0.15, 0.2) is 46.3 Å². The van der Waals surface area contributed by atoms with Gasteiger partial charge in [-0.1, -0.05) is 16.9 Å². The van der Waals surface area contributed by atoms with Crippen LogP contribution in [0.2, 0.25) is 0 Å². The van der Waals surface area contributed by atoms with Crippen LogP contribution < -0.4 is 0 Å². The van der Waals surface area contributed by atoms with Crippen LogP contribution >= 0.6 is 11.8 Å². The highest BCUT2D eigenvalue weighted by Crippen LogP contribution is 2.22. The summed E-state index contributed by atoms with van der Waals surface area (Å²) >= 11 is 1.51. The van der Waals surface area contributed by atoms with Crippen molar-refractivity contribution in [2.45, 2.75) is 10.9 Å². The van der Waals surface area contributed by atoms with Crippen molar-refractivity contribution in [2.75, 3.05) is 0 Å². The third-order valence-corrected chi connectivity index (χ3v) is 3.72. The molecular weight excluding hydrogens is 279 g/mol. The molecule has 0 aliphatic heterocycles. The van der Waals surface area contributed by atoms with Gasteiger partial charge in [-0.25, -0.2) is 9.37 Å². The SMILES string of the molecule is Cn1ccnc1SCc1nc(-c2ccc(F)cc2)no1. The number of hydrogen-bond donors (Lipinski definition) is 0. The lowest BCUT2D eigenvalue weighted by Crippen LogP contribution is -1.90. The smallest absolute Gasteiger partial charge is 0.237 e. The Balaban J connectivity index is 1.71. The third kappa shape index (κ3) is 2.72. The minimum absolute atomic E-state index is 0.289. The lowest BCUT2D eigenvalue weighted by molar-refractivity contribution is 0.391. The first-order chi connectivity index (χ1) is 9.72. The maximum Gasteiger partial charge on any atom is 0.237 e. The highest BCUT2D eigenvalue weighted by molar-refractivity contribution is 7.98. The van der Waals surface area contributed by atoms with Crippen LogP contribution in [0.3, 0.4) is 0 Å². The van der Waals surface area contributed by atoms with Crippen molar-refractivity contribution in [1.29, 1.82) is 0 Å². The summed E-state index contributed by atoms with van der Waals surface area (Å²) < 4.78 is 19.9. The average Bonchev–Trinajstić information content (AvgIpc) is 3.06. The van der Waals surface area contributed by atoms with E-state index in [2.05, 4.69) is 15.1 Å². The van der Waals surface area contributed by atoms with Crippen LogP contribution in [0, 0.1) is 5.82 Å². The molecule has 1 aromatic carbocycles. The first-order valence-electron chi connectivity index (χ1n) is 5.91. The molecule has 0 saturated carbocycles. The molecule has 2 aromatic heterocycles. The molecule has 3 rings (SSSR count). The van der Waals surface area contributed by atoms with Crippen LogP contribution in [-0.4, -0.2) is 19.7 Å². The van der Waals surface area contributed by atoms with Gasteiger partial charge in [0, 0.05) is 25.0 Å². The normalized spacial score (nSPS) is 10.9. The zero-order chi connectivity index (χ0) is 13.9. The van der Waals surface area contributed by atoms with E-state index >= 15 is 0 Å². The van der Waals surface area contributed by atoms with E-state index in [0.29, 0.717) is 17.5 Å². The van der Waals surface area contributed by atoms with Crippen molar-refractivity contribution < 1.29 is 8.91 Å². The van der Waals surface area contributed by atoms with Gasteiger partial charge in [-0.2, -0.15) is 4.98 Å². The Hall–Kier alpha value is -2.15. The van der Waals surface area contributed by atoms with Gasteiger partial charge in [-0.3, -0.25) is 0 Å². The molecule has 0 atom stereocenters. The maximum absolute atomic E-state index is 12.8. The van der Waals surface area contributed by atoms with E-state index in [1.165, 1.54) is 23.9 Å². The average molecular weight is 290 g/mol. The molecular formula is C13H11FN4OS. The van der Waals surface area contributed by atoms with Crippen LogP contribution in [0.1, 0.15) is 5.89 Å². The maximum atomic E-state index is 12.8. The Morgan fingerprint density at radius 1 is 1.30 bits per heavy atom. The molecule has 0 saturated heterocycles. The van der Waals surface area contributed by atoms with E-state index in [-0.39, 0.29) is 5.82 Å². The van der Waals surface area contributed by atoms with Gasteiger partial charge >= 0.3 is 0 Å². The fourth-order valence-corrected chi connectivity index (χ4v) is 2.42. The molecule has 3 aromatic rings. The van der Waals surface area contributed by atoms with Crippen molar-refractivity contribution in [3.63, 3.8) is 0 Å². The van der Waals surface area contributed by atoms with Crippen molar-refractivity contribution >= 4 is 11.8 Å². The van der Waals surface area contributed by atoms with Gasteiger partial charge in [0.15, 0.2) is 5.16 Å². The van der Waals surface area contributed by atoms with Gasteiger partial charge in [0.05, 0.1) is 5.75 Å². The first kappa shape index (κ1) is 12.9. The van der Waals surface area contributed by atoms with E-state index < -0.39 is 0 Å². The summed E-state index contributed by atoms with van der Waals surface area (Å²) in [4.78, 5) is 8.48. The second-order valence-electron chi connectivity index (χ2n) is 4.13. The molecule has 0 unspecified atom stereocenters. The highest BCUT2D eigenvalue weighted by atomic mass is 32.2. The van der Waals surface area contributed by atoms with Crippen molar-refractivity contribution in [3.8, 4) is 11.4 Å². The summed E-state index contributed by atoms with van der Waals surface area (Å²) in [6, 6.07) is 5.98. The number of rotatable bonds is 4. The fourth-order valence-electron chi connectivity index (χ4n) is 1.65. The second-order valence-corrected chi connectivity index (χ2v) is 5.07. The Bertz CT molecular complexity index is 707. The van der Waals surface area contributed by atoms with E-state index in [1.54, 1.807) is 18.3 Å². The molecule has 2 heterocycles. The molecule has 102 valence electrons. The second kappa shape index (κ2) is 5.46. The van der Waals surface area contributed by atoms with Gasteiger partial charge in [0.25, 0.3) is 0 Å². The van der Waals surface area contributed by atoms with Gasteiger partial charge in [-0.15, -0.1) is 0 Å². The largest absolute Gasteiger partial charge is 0.338 e. The van der Waals surface area contributed by atoms with Crippen LogP contribution in [0.4, 0.5) is 4.39 Å². The zero-order valence-electron chi connectivity index (χ0n) is 10.7. The van der Waals surface area contributed by atoms with E-state index in [1.807, 2.05) is 17.8 Å². The number of hydrogen-bond acceptors (Lipinski definition) is 5. The summed E-state index contributed by atoms with van der Waals surface area (Å²) in [5, 5.41) is 4.77. The van der Waals surface area contributed by atoms with Gasteiger partial charge in [-0.05, 0) is 24.3 Å². The third-order valence-electron chi connectivity index (χ3n) is 2.67. The first-order valence-corrected chi connectivity index (χ1v) is 6.89. The summed E-state index contributed by atoms with van der Waals surface area (Å²) in [6.45, 7) is 0. The predicted octanol–water partition coefficient (Wildman–Crippen LogP) is 2.90. The minimum Gasteiger partial charge on any atom is -0.338 e. The molecule has 0 amide bonds. The standard InChI is InChI=1S/C13H11FN4OS/c1-18-7-6-15-13(18)20-8-11-16-12(17-19-11)9-2-4-10(14)5-3-9/h2-7H,8H2,1H3. The van der Waals surface area contributed by atoms with Crippen LogP contribution in [-0.2, 0) is 12.8 Å². The molecule has 0 fully saturated rings. The Morgan fingerprint density at radius 3 is 2.80 bits per heavy atom. The molecule has 0 radical (unpaired) electrons. The number of nitrogens with zero attached hydrogens (tertiary/aromatic N) is 4. The molecule has 0 aliphatic carbocycles. The molecule has 0 bridgehead atoms. The summed E-state index contributed by atoms with van der Waals surface area (Å²) in [5.41, 5.74) is 0.725. The topological polar surface area (TPSA) is 56.7 Å². The number of thioether (sulfide) groups is 1. The van der Waals surface area contributed by atoms with Crippen molar-refractivity contribution in [2.24, 2.45) is 7.05 Å². The van der Waals surface area contributed by atoms with Gasteiger partial charge in [0.2, 0.25) is 11.7 Å². The van der Waals surface area contributed by atoms with Crippen LogP contribution in [0.5, 0.6) is 0 Å². The lowest BCUT2D eigenvalue weighted by atomic mass is 10.2. The molecule has 7 heteroatoms. The highest BCUT2D eigenvalue weighted by Gasteiger charge is 2.10. The fraction of sp³-hybridized carbons (Fsp3) is 0.154. The van der Waals surface area contributed by atoms with Crippen molar-refractivity contribution in [1.82, 2.24) is 19.7 Å².